The van der Waals surface area contributed by atoms with Crippen LogP contribution in [0.1, 0.15) is 11.7 Å². The molecule has 1 unspecified atom stereocenters. The first-order valence-electron chi connectivity index (χ1n) is 7.64. The Morgan fingerprint density at radius 2 is 2.04 bits per heavy atom. The lowest BCUT2D eigenvalue weighted by atomic mass is 10.1. The van der Waals surface area contributed by atoms with E-state index in [0.717, 1.165) is 5.56 Å². The van der Waals surface area contributed by atoms with Crippen molar-refractivity contribution in [2.75, 3.05) is 11.9 Å². The number of halogens is 1. The molecule has 0 saturated heterocycles. The van der Waals surface area contributed by atoms with Crippen molar-refractivity contribution in [2.45, 2.75) is 6.10 Å². The van der Waals surface area contributed by atoms with E-state index < -0.39 is 11.9 Å². The molecule has 25 heavy (non-hydrogen) atoms. The third-order valence-electron chi connectivity index (χ3n) is 3.78. The van der Waals surface area contributed by atoms with Gasteiger partial charge < -0.3 is 10.4 Å². The number of nitrogens with zero attached hydrogens (tertiary/aromatic N) is 4. The fraction of sp³-hybridized carbons (Fsp3) is 0.118. The maximum Gasteiger partial charge on any atom is 0.186 e. The third-order valence-corrected chi connectivity index (χ3v) is 4.47. The van der Waals surface area contributed by atoms with E-state index in [2.05, 4.69) is 20.6 Å². The summed E-state index contributed by atoms with van der Waals surface area (Å²) in [6, 6.07) is 11.6. The highest BCUT2D eigenvalue weighted by molar-refractivity contribution is 7.08. The van der Waals surface area contributed by atoms with Crippen LogP contribution in [0, 0.1) is 5.82 Å². The van der Waals surface area contributed by atoms with Gasteiger partial charge in [-0.1, -0.05) is 18.2 Å². The van der Waals surface area contributed by atoms with Gasteiger partial charge in [0.25, 0.3) is 0 Å². The van der Waals surface area contributed by atoms with Gasteiger partial charge >= 0.3 is 0 Å². The summed E-state index contributed by atoms with van der Waals surface area (Å²) in [6.45, 7) is 0.134. The van der Waals surface area contributed by atoms with E-state index in [9.17, 15) is 9.50 Å². The molecular weight excluding hydrogens is 341 g/mol. The van der Waals surface area contributed by atoms with Gasteiger partial charge in [-0.3, -0.25) is 0 Å². The molecule has 3 aromatic heterocycles. The van der Waals surface area contributed by atoms with Gasteiger partial charge in [-0.25, -0.2) is 4.39 Å². The van der Waals surface area contributed by atoms with Crippen LogP contribution in [0.4, 0.5) is 10.2 Å². The van der Waals surface area contributed by atoms with E-state index in [1.807, 2.05) is 16.8 Å². The summed E-state index contributed by atoms with van der Waals surface area (Å²) in [5, 5.41) is 29.9. The SMILES string of the molecule is OC(CNc1ccc2nnc(-c3ccsc3)n2n1)c1ccccc1F. The lowest BCUT2D eigenvalue weighted by Gasteiger charge is -2.13. The first kappa shape index (κ1) is 15.7. The second kappa shape index (κ2) is 6.58. The number of aliphatic hydroxyl groups excluding tert-OH is 1. The molecule has 0 bridgehead atoms. The Balaban J connectivity index is 1.56. The number of fused-ring (bicyclic) bond motifs is 1. The molecule has 4 rings (SSSR count). The average Bonchev–Trinajstić information content (AvgIpc) is 3.29. The highest BCUT2D eigenvalue weighted by Crippen LogP contribution is 2.21. The van der Waals surface area contributed by atoms with Crippen LogP contribution in [0.25, 0.3) is 17.0 Å². The predicted octanol–water partition coefficient (Wildman–Crippen LogP) is 3.14. The molecule has 1 atom stereocenters. The topological polar surface area (TPSA) is 75.3 Å². The number of nitrogens with one attached hydrogen (secondary N) is 1. The summed E-state index contributed by atoms with van der Waals surface area (Å²) in [4.78, 5) is 0. The van der Waals surface area contributed by atoms with Gasteiger partial charge in [0.05, 0.1) is 6.10 Å². The normalized spacial score (nSPS) is 12.4. The van der Waals surface area contributed by atoms with Gasteiger partial charge in [0.15, 0.2) is 11.5 Å². The zero-order valence-electron chi connectivity index (χ0n) is 13.0. The van der Waals surface area contributed by atoms with Crippen LogP contribution >= 0.6 is 11.3 Å². The van der Waals surface area contributed by atoms with Crippen LogP contribution < -0.4 is 5.32 Å². The van der Waals surface area contributed by atoms with Gasteiger partial charge in [-0.05, 0) is 29.6 Å². The van der Waals surface area contributed by atoms with Crippen molar-refractivity contribution in [3.8, 4) is 11.4 Å². The van der Waals surface area contributed by atoms with Crippen molar-refractivity contribution in [2.24, 2.45) is 0 Å². The van der Waals surface area contributed by atoms with E-state index in [1.54, 1.807) is 46.2 Å². The van der Waals surface area contributed by atoms with Crippen LogP contribution in [-0.2, 0) is 0 Å². The fourth-order valence-electron chi connectivity index (χ4n) is 2.51. The van der Waals surface area contributed by atoms with Gasteiger partial charge in [-0.2, -0.15) is 15.9 Å². The molecule has 1 aromatic carbocycles. The number of aliphatic hydroxyl groups is 1. The molecule has 126 valence electrons. The maximum atomic E-state index is 13.7. The van der Waals surface area contributed by atoms with Crippen molar-refractivity contribution in [3.05, 3.63) is 64.6 Å². The van der Waals surface area contributed by atoms with Gasteiger partial charge in [0.1, 0.15) is 11.6 Å². The van der Waals surface area contributed by atoms with Crippen molar-refractivity contribution >= 4 is 22.8 Å². The quantitative estimate of drug-likeness (QED) is 0.575. The smallest absolute Gasteiger partial charge is 0.186 e. The molecule has 0 fully saturated rings. The molecule has 2 N–H and O–H groups in total. The Morgan fingerprint density at radius 1 is 1.16 bits per heavy atom. The van der Waals surface area contributed by atoms with Crippen molar-refractivity contribution in [1.29, 1.82) is 0 Å². The number of aromatic nitrogens is 4. The highest BCUT2D eigenvalue weighted by Gasteiger charge is 2.13. The summed E-state index contributed by atoms with van der Waals surface area (Å²) in [5.41, 5.74) is 1.81. The van der Waals surface area contributed by atoms with Crippen LogP contribution in [-0.4, -0.2) is 31.5 Å². The Labute approximate surface area is 146 Å². The number of hydrogen-bond donors (Lipinski definition) is 2. The predicted molar refractivity (Wildman–Crippen MR) is 93.9 cm³/mol. The van der Waals surface area contributed by atoms with Crippen LogP contribution in [0.3, 0.4) is 0 Å². The molecular formula is C17H14FN5OS. The van der Waals surface area contributed by atoms with Gasteiger partial charge in [0, 0.05) is 23.1 Å². The molecule has 0 aliphatic carbocycles. The van der Waals surface area contributed by atoms with Crippen molar-refractivity contribution in [3.63, 3.8) is 0 Å². The molecule has 0 aliphatic rings. The minimum atomic E-state index is -0.976. The Morgan fingerprint density at radius 3 is 2.84 bits per heavy atom. The minimum Gasteiger partial charge on any atom is -0.386 e. The standard InChI is InChI=1S/C17H14FN5OS/c18-13-4-2-1-3-12(13)14(24)9-19-15-5-6-16-20-21-17(23(16)22-15)11-7-8-25-10-11/h1-8,10,14,24H,9H2,(H,19,22). The minimum absolute atomic E-state index is 0.134. The lowest BCUT2D eigenvalue weighted by molar-refractivity contribution is 0.186. The number of rotatable bonds is 5. The summed E-state index contributed by atoms with van der Waals surface area (Å²) < 4.78 is 15.4. The molecule has 0 amide bonds. The van der Waals surface area contributed by atoms with Gasteiger partial charge in [-0.15, -0.1) is 15.3 Å². The van der Waals surface area contributed by atoms with Crippen LogP contribution in [0.2, 0.25) is 0 Å². The Kier molecular flexibility index (Phi) is 4.12. The summed E-state index contributed by atoms with van der Waals surface area (Å²) in [6.07, 6.45) is -0.976. The summed E-state index contributed by atoms with van der Waals surface area (Å²) >= 11 is 1.57. The molecule has 0 radical (unpaired) electrons. The van der Waals surface area contributed by atoms with E-state index in [4.69, 9.17) is 0 Å². The second-order valence-corrected chi connectivity index (χ2v) is 6.22. The largest absolute Gasteiger partial charge is 0.386 e. The first-order valence-corrected chi connectivity index (χ1v) is 8.58. The number of hydrogen-bond acceptors (Lipinski definition) is 6. The van der Waals surface area contributed by atoms with Crippen molar-refractivity contribution < 1.29 is 9.50 Å². The molecule has 0 saturated carbocycles. The Bertz CT molecular complexity index is 1000. The first-order chi connectivity index (χ1) is 12.2. The van der Waals surface area contributed by atoms with E-state index in [-0.39, 0.29) is 12.1 Å². The monoisotopic (exact) mass is 355 g/mol. The zero-order chi connectivity index (χ0) is 17.2. The molecule has 3 heterocycles. The third kappa shape index (κ3) is 3.09. The number of benzene rings is 1. The van der Waals surface area contributed by atoms with Crippen molar-refractivity contribution in [1.82, 2.24) is 19.8 Å². The van der Waals surface area contributed by atoms with Crippen LogP contribution in [0.5, 0.6) is 0 Å². The molecule has 6 nitrogen and oxygen atoms in total. The lowest BCUT2D eigenvalue weighted by Crippen LogP contribution is -2.15. The van der Waals surface area contributed by atoms with Crippen LogP contribution in [0.15, 0.2) is 53.2 Å². The van der Waals surface area contributed by atoms with Gasteiger partial charge in [0.2, 0.25) is 0 Å². The summed E-state index contributed by atoms with van der Waals surface area (Å²) in [5.74, 6) is 0.757. The fourth-order valence-corrected chi connectivity index (χ4v) is 3.15. The molecule has 0 spiro atoms. The second-order valence-electron chi connectivity index (χ2n) is 5.44. The molecule has 8 heteroatoms. The van der Waals surface area contributed by atoms with E-state index in [1.165, 1.54) is 6.07 Å². The zero-order valence-corrected chi connectivity index (χ0v) is 13.8. The molecule has 4 aromatic rings. The number of anilines is 1. The Hall–Kier alpha value is -2.84. The average molecular weight is 355 g/mol. The van der Waals surface area contributed by atoms with E-state index >= 15 is 0 Å². The van der Waals surface area contributed by atoms with E-state index in [0.29, 0.717) is 17.3 Å². The summed E-state index contributed by atoms with van der Waals surface area (Å²) in [7, 11) is 0. The highest BCUT2D eigenvalue weighted by atomic mass is 32.1. The number of thiophene rings is 1. The maximum absolute atomic E-state index is 13.7. The molecule has 0 aliphatic heterocycles.